The molecule has 1 rings (SSSR count). The number of hydrogen-bond acceptors (Lipinski definition) is 4. The average Bonchev–Trinajstić information content (AvgIpc) is 2.38. The number of carbonyl (C=O) groups is 1. The Morgan fingerprint density at radius 2 is 2.35 bits per heavy atom. The Hall–Kier alpha value is -1.53. The summed E-state index contributed by atoms with van der Waals surface area (Å²) in [5.74, 6) is 5.20. The summed E-state index contributed by atoms with van der Waals surface area (Å²) in [6, 6.07) is 5.05. The zero-order chi connectivity index (χ0) is 12.7. The van der Waals surface area contributed by atoms with Gasteiger partial charge in [-0.25, -0.2) is 10.9 Å². The first kappa shape index (κ1) is 13.5. The molecule has 0 unspecified atom stereocenters. The van der Waals surface area contributed by atoms with E-state index in [4.69, 9.17) is 18.1 Å². The van der Waals surface area contributed by atoms with Crippen LogP contribution in [0.2, 0.25) is 0 Å². The summed E-state index contributed by atoms with van der Waals surface area (Å²) in [5, 5.41) is 4.04. The number of carbonyl (C=O) groups excluding carboxylic acids is 1. The second kappa shape index (κ2) is 6.93. The summed E-state index contributed by atoms with van der Waals surface area (Å²) in [7, 11) is 0. The molecule has 0 spiro atoms. The van der Waals surface area contributed by atoms with E-state index >= 15 is 0 Å². The standard InChI is InChI=1S/C11H16N4OS/c1-2-3-7-14-11(17)15(12)10(16)9-6-4-5-8-13-9/h4-6,8H,2-3,7,12H2,1H3,(H,14,17). The Kier molecular flexibility index (Phi) is 5.51. The molecule has 0 aliphatic heterocycles. The minimum atomic E-state index is -0.417. The lowest BCUT2D eigenvalue weighted by Crippen LogP contribution is -2.48. The smallest absolute Gasteiger partial charge is 0.292 e. The average molecular weight is 252 g/mol. The number of hydrogen-bond donors (Lipinski definition) is 2. The highest BCUT2D eigenvalue weighted by Gasteiger charge is 2.16. The molecule has 0 aliphatic carbocycles. The van der Waals surface area contributed by atoms with Crippen LogP contribution in [0.3, 0.4) is 0 Å². The molecule has 1 aromatic heterocycles. The van der Waals surface area contributed by atoms with E-state index in [1.165, 1.54) is 6.20 Å². The molecule has 0 radical (unpaired) electrons. The van der Waals surface area contributed by atoms with Crippen molar-refractivity contribution in [2.24, 2.45) is 5.84 Å². The lowest BCUT2D eigenvalue weighted by molar-refractivity contribution is 0.0840. The third kappa shape index (κ3) is 4.08. The SMILES string of the molecule is CCCCNC(=S)N(N)C(=O)c1ccccn1. The molecule has 0 aliphatic rings. The fourth-order valence-electron chi connectivity index (χ4n) is 1.16. The lowest BCUT2D eigenvalue weighted by Gasteiger charge is -2.17. The quantitative estimate of drug-likeness (QED) is 0.276. The van der Waals surface area contributed by atoms with E-state index in [2.05, 4.69) is 17.2 Å². The Balaban J connectivity index is 2.55. The van der Waals surface area contributed by atoms with Gasteiger partial charge in [-0.3, -0.25) is 9.78 Å². The summed E-state index contributed by atoms with van der Waals surface area (Å²) < 4.78 is 0. The Bertz CT molecular complexity index is 382. The molecule has 6 heteroatoms. The molecular formula is C11H16N4OS. The van der Waals surface area contributed by atoms with Crippen LogP contribution >= 0.6 is 12.2 Å². The third-order valence-electron chi connectivity index (χ3n) is 2.13. The molecule has 1 aromatic rings. The van der Waals surface area contributed by atoms with Crippen molar-refractivity contribution in [1.29, 1.82) is 0 Å². The van der Waals surface area contributed by atoms with Gasteiger partial charge in [0.05, 0.1) is 0 Å². The van der Waals surface area contributed by atoms with Crippen molar-refractivity contribution < 1.29 is 4.79 Å². The number of nitrogens with zero attached hydrogens (tertiary/aromatic N) is 2. The number of hydrazine groups is 1. The summed E-state index contributed by atoms with van der Waals surface area (Å²) in [6.45, 7) is 2.78. The maximum atomic E-state index is 11.8. The lowest BCUT2D eigenvalue weighted by atomic mass is 10.3. The molecule has 17 heavy (non-hydrogen) atoms. The van der Waals surface area contributed by atoms with Crippen LogP contribution in [0, 0.1) is 0 Å². The van der Waals surface area contributed by atoms with Crippen LogP contribution in [-0.2, 0) is 0 Å². The van der Waals surface area contributed by atoms with Crippen molar-refractivity contribution in [3.63, 3.8) is 0 Å². The summed E-state index contributed by atoms with van der Waals surface area (Å²) in [6.07, 6.45) is 3.56. The molecule has 1 amide bonds. The van der Waals surface area contributed by atoms with Crippen molar-refractivity contribution in [1.82, 2.24) is 15.3 Å². The summed E-state index contributed by atoms with van der Waals surface area (Å²) in [5.41, 5.74) is 0.273. The van der Waals surface area contributed by atoms with Gasteiger partial charge in [0.15, 0.2) is 5.11 Å². The van der Waals surface area contributed by atoms with Crippen molar-refractivity contribution >= 4 is 23.2 Å². The number of pyridine rings is 1. The number of unbranched alkanes of at least 4 members (excludes halogenated alkanes) is 1. The van der Waals surface area contributed by atoms with Gasteiger partial charge in [0, 0.05) is 12.7 Å². The molecule has 0 aromatic carbocycles. The first-order valence-corrected chi connectivity index (χ1v) is 5.85. The largest absolute Gasteiger partial charge is 0.361 e. The molecule has 0 atom stereocenters. The zero-order valence-corrected chi connectivity index (χ0v) is 10.5. The van der Waals surface area contributed by atoms with E-state index in [1.54, 1.807) is 18.2 Å². The van der Waals surface area contributed by atoms with E-state index in [1.807, 2.05) is 0 Å². The molecule has 1 heterocycles. The van der Waals surface area contributed by atoms with Gasteiger partial charge in [-0.05, 0) is 30.8 Å². The molecule has 0 saturated heterocycles. The highest BCUT2D eigenvalue weighted by atomic mass is 32.1. The minimum absolute atomic E-state index is 0.217. The maximum absolute atomic E-state index is 11.8. The number of aromatic nitrogens is 1. The van der Waals surface area contributed by atoms with Crippen LogP contribution in [0.25, 0.3) is 0 Å². The van der Waals surface area contributed by atoms with Gasteiger partial charge in [0.1, 0.15) is 5.69 Å². The Morgan fingerprint density at radius 1 is 1.59 bits per heavy atom. The van der Waals surface area contributed by atoms with Gasteiger partial charge >= 0.3 is 0 Å². The van der Waals surface area contributed by atoms with E-state index in [-0.39, 0.29) is 10.8 Å². The predicted octanol–water partition coefficient (Wildman–Crippen LogP) is 1.07. The molecule has 92 valence electrons. The van der Waals surface area contributed by atoms with E-state index < -0.39 is 5.91 Å². The number of rotatable bonds is 4. The fourth-order valence-corrected chi connectivity index (χ4v) is 1.35. The maximum Gasteiger partial charge on any atom is 0.292 e. The number of amides is 1. The van der Waals surface area contributed by atoms with Gasteiger partial charge in [-0.2, -0.15) is 0 Å². The first-order chi connectivity index (χ1) is 8.16. The van der Waals surface area contributed by atoms with E-state index in [9.17, 15) is 4.79 Å². The van der Waals surface area contributed by atoms with E-state index in [0.717, 1.165) is 17.9 Å². The van der Waals surface area contributed by atoms with Crippen LogP contribution in [-0.4, -0.2) is 27.6 Å². The van der Waals surface area contributed by atoms with Crippen molar-refractivity contribution in [2.45, 2.75) is 19.8 Å². The van der Waals surface area contributed by atoms with Crippen molar-refractivity contribution in [3.05, 3.63) is 30.1 Å². The predicted molar refractivity (Wildman–Crippen MR) is 70.1 cm³/mol. The molecule has 0 fully saturated rings. The van der Waals surface area contributed by atoms with Crippen LogP contribution < -0.4 is 11.2 Å². The second-order valence-corrected chi connectivity index (χ2v) is 3.86. The van der Waals surface area contributed by atoms with Crippen molar-refractivity contribution in [3.8, 4) is 0 Å². The molecule has 3 N–H and O–H groups in total. The van der Waals surface area contributed by atoms with Crippen LogP contribution in [0.4, 0.5) is 0 Å². The monoisotopic (exact) mass is 252 g/mol. The molecule has 0 saturated carbocycles. The normalized spacial score (nSPS) is 9.76. The van der Waals surface area contributed by atoms with Gasteiger partial charge in [-0.15, -0.1) is 0 Å². The minimum Gasteiger partial charge on any atom is -0.361 e. The topological polar surface area (TPSA) is 71.2 Å². The van der Waals surface area contributed by atoms with Crippen LogP contribution in [0.1, 0.15) is 30.3 Å². The Labute approximate surface area is 106 Å². The van der Waals surface area contributed by atoms with Gasteiger partial charge in [-0.1, -0.05) is 19.4 Å². The van der Waals surface area contributed by atoms with Crippen molar-refractivity contribution in [2.75, 3.05) is 6.54 Å². The van der Waals surface area contributed by atoms with Crippen LogP contribution in [0.5, 0.6) is 0 Å². The molecule has 0 bridgehead atoms. The van der Waals surface area contributed by atoms with Gasteiger partial charge in [0.2, 0.25) is 0 Å². The second-order valence-electron chi connectivity index (χ2n) is 3.48. The van der Waals surface area contributed by atoms with E-state index in [0.29, 0.717) is 6.54 Å². The first-order valence-electron chi connectivity index (χ1n) is 5.44. The summed E-state index contributed by atoms with van der Waals surface area (Å²) >= 11 is 5.01. The Morgan fingerprint density at radius 3 is 2.94 bits per heavy atom. The molecule has 5 nitrogen and oxygen atoms in total. The van der Waals surface area contributed by atoms with Gasteiger partial charge in [0.25, 0.3) is 5.91 Å². The summed E-state index contributed by atoms with van der Waals surface area (Å²) in [4.78, 5) is 15.7. The highest BCUT2D eigenvalue weighted by Crippen LogP contribution is 1.98. The number of thiocarbonyl (C=S) groups is 1. The zero-order valence-electron chi connectivity index (χ0n) is 9.72. The number of nitrogens with one attached hydrogen (secondary N) is 1. The third-order valence-corrected chi connectivity index (χ3v) is 2.47. The van der Waals surface area contributed by atoms with Gasteiger partial charge < -0.3 is 5.32 Å². The fraction of sp³-hybridized carbons (Fsp3) is 0.364. The molecular weight excluding hydrogens is 236 g/mol. The van der Waals surface area contributed by atoms with Crippen LogP contribution in [0.15, 0.2) is 24.4 Å². The highest BCUT2D eigenvalue weighted by molar-refractivity contribution is 7.80. The number of nitrogens with two attached hydrogens (primary N) is 1.